The van der Waals surface area contributed by atoms with Crippen molar-refractivity contribution in [2.75, 3.05) is 31.1 Å². The van der Waals surface area contributed by atoms with Crippen LogP contribution in [0.4, 0.5) is 19.1 Å². The van der Waals surface area contributed by atoms with Crippen molar-refractivity contribution in [2.45, 2.75) is 32.5 Å². The molecule has 0 saturated carbocycles. The largest absolute Gasteiger partial charge is 0.433 e. The maximum absolute atomic E-state index is 12.9. The number of piperazine rings is 1. The summed E-state index contributed by atoms with van der Waals surface area (Å²) in [5, 5.41) is 0. The Kier molecular flexibility index (Phi) is 5.62. The van der Waals surface area contributed by atoms with Crippen LogP contribution in [0.15, 0.2) is 24.8 Å². The van der Waals surface area contributed by atoms with E-state index in [1.165, 1.54) is 6.92 Å². The zero-order chi connectivity index (χ0) is 19.4. The number of aryl methyl sites for hydroxylation is 2. The van der Waals surface area contributed by atoms with Gasteiger partial charge in [0, 0.05) is 57.2 Å². The smallest absolute Gasteiger partial charge is 0.339 e. The Hall–Kier alpha value is -2.65. The van der Waals surface area contributed by atoms with Crippen LogP contribution in [0.5, 0.6) is 0 Å². The molecule has 0 aromatic carbocycles. The fraction of sp³-hybridized carbons (Fsp3) is 0.529. The standard InChI is InChI=1S/C17H21F3N6O/c1-13-11-14(17(18,19)20)23-16(22-13)26-9-7-25(8-10-26)15(27)3-2-5-24-6-4-21-12-24/h4,6,11-12H,2-3,5,7-10H2,1H3. The predicted molar refractivity (Wildman–Crippen MR) is 92.0 cm³/mol. The Morgan fingerprint density at radius 2 is 1.93 bits per heavy atom. The summed E-state index contributed by atoms with van der Waals surface area (Å²) < 4.78 is 40.7. The molecule has 0 bridgehead atoms. The lowest BCUT2D eigenvalue weighted by molar-refractivity contribution is -0.141. The molecule has 3 heterocycles. The third-order valence-corrected chi connectivity index (χ3v) is 4.41. The van der Waals surface area contributed by atoms with Crippen LogP contribution in [-0.2, 0) is 17.5 Å². The highest BCUT2D eigenvalue weighted by atomic mass is 19.4. The van der Waals surface area contributed by atoms with Gasteiger partial charge in [-0.1, -0.05) is 0 Å². The molecule has 2 aromatic rings. The van der Waals surface area contributed by atoms with Gasteiger partial charge in [0.1, 0.15) is 5.69 Å². The lowest BCUT2D eigenvalue weighted by atomic mass is 10.2. The Bertz CT molecular complexity index is 769. The van der Waals surface area contributed by atoms with Crippen molar-refractivity contribution in [3.63, 3.8) is 0 Å². The average Bonchev–Trinajstić information content (AvgIpc) is 3.14. The second-order valence-electron chi connectivity index (χ2n) is 6.46. The molecule has 3 rings (SSSR count). The van der Waals surface area contributed by atoms with Crippen LogP contribution in [-0.4, -0.2) is 56.5 Å². The third kappa shape index (κ3) is 4.95. The normalized spacial score (nSPS) is 15.3. The van der Waals surface area contributed by atoms with Gasteiger partial charge in [0.05, 0.1) is 6.33 Å². The molecule has 0 N–H and O–H groups in total. The van der Waals surface area contributed by atoms with Gasteiger partial charge in [-0.25, -0.2) is 15.0 Å². The topological polar surface area (TPSA) is 67.2 Å². The number of aromatic nitrogens is 4. The highest BCUT2D eigenvalue weighted by molar-refractivity contribution is 5.76. The van der Waals surface area contributed by atoms with Gasteiger partial charge in [-0.05, 0) is 19.4 Å². The van der Waals surface area contributed by atoms with Crippen molar-refractivity contribution >= 4 is 11.9 Å². The van der Waals surface area contributed by atoms with E-state index >= 15 is 0 Å². The van der Waals surface area contributed by atoms with Gasteiger partial charge < -0.3 is 14.4 Å². The Balaban J connectivity index is 1.52. The van der Waals surface area contributed by atoms with Gasteiger partial charge in [-0.15, -0.1) is 0 Å². The van der Waals surface area contributed by atoms with Crippen molar-refractivity contribution in [3.8, 4) is 0 Å². The molecular weight excluding hydrogens is 361 g/mol. The molecule has 10 heteroatoms. The summed E-state index contributed by atoms with van der Waals surface area (Å²) in [5.74, 6) is 0.116. The molecule has 1 aliphatic rings. The van der Waals surface area contributed by atoms with Crippen LogP contribution < -0.4 is 4.90 Å². The molecule has 146 valence electrons. The second-order valence-corrected chi connectivity index (χ2v) is 6.46. The highest BCUT2D eigenvalue weighted by Crippen LogP contribution is 2.29. The van der Waals surface area contributed by atoms with Crippen molar-refractivity contribution in [3.05, 3.63) is 36.2 Å². The first-order valence-corrected chi connectivity index (χ1v) is 8.74. The molecule has 1 saturated heterocycles. The summed E-state index contributed by atoms with van der Waals surface area (Å²) >= 11 is 0. The van der Waals surface area contributed by atoms with Crippen LogP contribution in [0.2, 0.25) is 0 Å². The van der Waals surface area contributed by atoms with Crippen LogP contribution in [0.25, 0.3) is 0 Å². The van der Waals surface area contributed by atoms with Crippen molar-refractivity contribution < 1.29 is 18.0 Å². The van der Waals surface area contributed by atoms with E-state index < -0.39 is 11.9 Å². The Labute approximate surface area is 154 Å². The SMILES string of the molecule is Cc1cc(C(F)(F)F)nc(N2CCN(C(=O)CCCn3ccnc3)CC2)n1. The molecule has 2 aromatic heterocycles. The van der Waals surface area contributed by atoms with E-state index in [1.807, 2.05) is 10.8 Å². The summed E-state index contributed by atoms with van der Waals surface area (Å²) in [6.07, 6.45) is 1.89. The highest BCUT2D eigenvalue weighted by Gasteiger charge is 2.34. The number of rotatable bonds is 5. The molecule has 0 spiro atoms. The molecule has 1 fully saturated rings. The molecule has 1 amide bonds. The maximum Gasteiger partial charge on any atom is 0.433 e. The first kappa shape index (κ1) is 19.1. The van der Waals surface area contributed by atoms with E-state index in [4.69, 9.17) is 0 Å². The van der Waals surface area contributed by atoms with E-state index in [-0.39, 0.29) is 17.5 Å². The van der Waals surface area contributed by atoms with Gasteiger partial charge in [-0.2, -0.15) is 13.2 Å². The van der Waals surface area contributed by atoms with E-state index in [2.05, 4.69) is 15.0 Å². The van der Waals surface area contributed by atoms with Crippen LogP contribution in [0, 0.1) is 6.92 Å². The number of amides is 1. The summed E-state index contributed by atoms with van der Waals surface area (Å²) in [5.41, 5.74) is -0.673. The monoisotopic (exact) mass is 382 g/mol. The van der Waals surface area contributed by atoms with E-state index in [0.717, 1.165) is 12.6 Å². The minimum Gasteiger partial charge on any atom is -0.339 e. The van der Waals surface area contributed by atoms with Gasteiger partial charge in [0.2, 0.25) is 11.9 Å². The zero-order valence-electron chi connectivity index (χ0n) is 15.0. The van der Waals surface area contributed by atoms with E-state index in [1.54, 1.807) is 22.3 Å². The summed E-state index contributed by atoms with van der Waals surface area (Å²) in [6, 6.07) is 0.934. The van der Waals surface area contributed by atoms with Gasteiger partial charge >= 0.3 is 6.18 Å². The third-order valence-electron chi connectivity index (χ3n) is 4.41. The van der Waals surface area contributed by atoms with Crippen LogP contribution in [0.3, 0.4) is 0 Å². The second kappa shape index (κ2) is 7.93. The number of hydrogen-bond donors (Lipinski definition) is 0. The minimum atomic E-state index is -4.50. The fourth-order valence-corrected chi connectivity index (χ4v) is 2.99. The van der Waals surface area contributed by atoms with Crippen molar-refractivity contribution in [1.82, 2.24) is 24.4 Å². The quantitative estimate of drug-likeness (QED) is 0.793. The first-order chi connectivity index (χ1) is 12.8. The molecule has 0 aliphatic carbocycles. The molecule has 0 unspecified atom stereocenters. The first-order valence-electron chi connectivity index (χ1n) is 8.74. The summed E-state index contributed by atoms with van der Waals surface area (Å²) in [6.45, 7) is 3.96. The number of alkyl halides is 3. The molecular formula is C17H21F3N6O. The number of carbonyl (C=O) groups is 1. The molecule has 27 heavy (non-hydrogen) atoms. The van der Waals surface area contributed by atoms with E-state index in [0.29, 0.717) is 39.0 Å². The van der Waals surface area contributed by atoms with Gasteiger partial charge in [0.15, 0.2) is 0 Å². The number of anilines is 1. The molecule has 0 atom stereocenters. The Morgan fingerprint density at radius 1 is 1.19 bits per heavy atom. The minimum absolute atomic E-state index is 0.0518. The van der Waals surface area contributed by atoms with Crippen LogP contribution in [0.1, 0.15) is 24.2 Å². The maximum atomic E-state index is 12.9. The molecule has 0 radical (unpaired) electrons. The number of carbonyl (C=O) groups excluding carboxylic acids is 1. The van der Waals surface area contributed by atoms with Crippen molar-refractivity contribution in [2.24, 2.45) is 0 Å². The van der Waals surface area contributed by atoms with Gasteiger partial charge in [0.25, 0.3) is 0 Å². The summed E-state index contributed by atoms with van der Waals surface area (Å²) in [7, 11) is 0. The molecule has 1 aliphatic heterocycles. The number of nitrogens with zero attached hydrogens (tertiary/aromatic N) is 6. The number of imidazole rings is 1. The fourth-order valence-electron chi connectivity index (χ4n) is 2.99. The number of hydrogen-bond acceptors (Lipinski definition) is 5. The zero-order valence-corrected chi connectivity index (χ0v) is 15.0. The number of halogens is 3. The lowest BCUT2D eigenvalue weighted by Gasteiger charge is -2.35. The Morgan fingerprint density at radius 3 is 2.56 bits per heavy atom. The van der Waals surface area contributed by atoms with Gasteiger partial charge in [-0.3, -0.25) is 4.79 Å². The average molecular weight is 382 g/mol. The lowest BCUT2D eigenvalue weighted by Crippen LogP contribution is -2.49. The predicted octanol–water partition coefficient (Wildman–Crippen LogP) is 2.13. The molecule has 7 nitrogen and oxygen atoms in total. The summed E-state index contributed by atoms with van der Waals surface area (Å²) in [4.78, 5) is 27.5. The van der Waals surface area contributed by atoms with E-state index in [9.17, 15) is 18.0 Å². The van der Waals surface area contributed by atoms with Crippen molar-refractivity contribution in [1.29, 1.82) is 0 Å². The van der Waals surface area contributed by atoms with Crippen LogP contribution >= 0.6 is 0 Å².